The lowest BCUT2D eigenvalue weighted by Crippen LogP contribution is -2.34. The Bertz CT molecular complexity index is 301. The van der Waals surface area contributed by atoms with Crippen LogP contribution in [-0.2, 0) is 0 Å². The third kappa shape index (κ3) is 2.98. The molecule has 1 heterocycles. The lowest BCUT2D eigenvalue weighted by molar-refractivity contribution is -0.119. The highest BCUT2D eigenvalue weighted by Gasteiger charge is 2.31. The molecule has 0 saturated carbocycles. The monoisotopic (exact) mass is 245 g/mol. The summed E-state index contributed by atoms with van der Waals surface area (Å²) < 4.78 is 43.6. The van der Waals surface area contributed by atoms with Crippen LogP contribution in [0.15, 0.2) is 0 Å². The smallest absolute Gasteiger partial charge is 0.344 e. The molecule has 0 bridgehead atoms. The fourth-order valence-corrected chi connectivity index (χ4v) is 1.69. The zero-order valence-electron chi connectivity index (χ0n) is 7.18. The molecule has 0 saturated heterocycles. The molecule has 1 aromatic rings. The maximum atomic E-state index is 12.1. The highest BCUT2D eigenvalue weighted by atomic mass is 35.5. The van der Waals surface area contributed by atoms with Crippen LogP contribution in [0.1, 0.15) is 6.92 Å². The van der Waals surface area contributed by atoms with E-state index in [-0.39, 0.29) is 17.5 Å². The summed E-state index contributed by atoms with van der Waals surface area (Å²) in [6, 6.07) is 0. The maximum Gasteiger partial charge on any atom is 0.405 e. The Hall–Kier alpha value is -0.560. The van der Waals surface area contributed by atoms with Crippen LogP contribution < -0.4 is 4.90 Å². The average Bonchev–Trinajstić information content (AvgIpc) is 2.45. The minimum absolute atomic E-state index is 0.0149. The van der Waals surface area contributed by atoms with Gasteiger partial charge >= 0.3 is 6.18 Å². The van der Waals surface area contributed by atoms with Crippen molar-refractivity contribution >= 4 is 29.1 Å². The van der Waals surface area contributed by atoms with Gasteiger partial charge in [0.2, 0.25) is 0 Å². The van der Waals surface area contributed by atoms with Crippen LogP contribution in [0, 0.1) is 0 Å². The topological polar surface area (TPSA) is 29.0 Å². The molecular formula is C6H7ClF3N3S. The molecule has 0 unspecified atom stereocenters. The predicted molar refractivity (Wildman–Crippen MR) is 48.9 cm³/mol. The molecule has 1 aromatic heterocycles. The average molecular weight is 246 g/mol. The maximum absolute atomic E-state index is 12.1. The van der Waals surface area contributed by atoms with Crippen LogP contribution in [0.25, 0.3) is 0 Å². The number of alkyl halides is 3. The Kier molecular flexibility index (Phi) is 3.54. The number of anilines is 1. The van der Waals surface area contributed by atoms with Crippen molar-refractivity contribution in [2.45, 2.75) is 13.1 Å². The van der Waals surface area contributed by atoms with Crippen molar-refractivity contribution in [1.29, 1.82) is 0 Å². The van der Waals surface area contributed by atoms with Crippen LogP contribution in [0.2, 0.25) is 5.15 Å². The van der Waals surface area contributed by atoms with Gasteiger partial charge < -0.3 is 4.90 Å². The minimum Gasteiger partial charge on any atom is -0.344 e. The molecule has 1 rings (SSSR count). The molecule has 0 fully saturated rings. The second kappa shape index (κ2) is 4.31. The fourth-order valence-electron chi connectivity index (χ4n) is 0.914. The van der Waals surface area contributed by atoms with E-state index in [1.54, 1.807) is 6.92 Å². The highest BCUT2D eigenvalue weighted by Crippen LogP contribution is 2.26. The molecule has 3 nitrogen and oxygen atoms in total. The van der Waals surface area contributed by atoms with Crippen LogP contribution in [0.5, 0.6) is 0 Å². The van der Waals surface area contributed by atoms with E-state index < -0.39 is 12.7 Å². The quantitative estimate of drug-likeness (QED) is 0.820. The Labute approximate surface area is 87.8 Å². The second-order valence-electron chi connectivity index (χ2n) is 2.51. The number of hydrogen-bond donors (Lipinski definition) is 0. The van der Waals surface area contributed by atoms with E-state index in [4.69, 9.17) is 11.6 Å². The zero-order chi connectivity index (χ0) is 10.8. The van der Waals surface area contributed by atoms with Crippen molar-refractivity contribution in [2.24, 2.45) is 0 Å². The van der Waals surface area contributed by atoms with Gasteiger partial charge in [-0.3, -0.25) is 0 Å². The fraction of sp³-hybridized carbons (Fsp3) is 0.667. The molecule has 0 aliphatic heterocycles. The first-order chi connectivity index (χ1) is 6.44. The summed E-state index contributed by atoms with van der Waals surface area (Å²) in [5.74, 6) is 0.0940. The van der Waals surface area contributed by atoms with E-state index in [9.17, 15) is 13.2 Å². The summed E-state index contributed by atoms with van der Waals surface area (Å²) in [5, 5.41) is 0.0149. The molecule has 0 atom stereocenters. The van der Waals surface area contributed by atoms with Gasteiger partial charge in [-0.1, -0.05) is 11.6 Å². The van der Waals surface area contributed by atoms with Gasteiger partial charge in [0.25, 0.3) is 0 Å². The number of hydrogen-bond acceptors (Lipinski definition) is 4. The van der Waals surface area contributed by atoms with Gasteiger partial charge in [0.1, 0.15) is 6.54 Å². The summed E-state index contributed by atoms with van der Waals surface area (Å²) in [7, 11) is 0. The van der Waals surface area contributed by atoms with Crippen molar-refractivity contribution in [2.75, 3.05) is 18.0 Å². The third-order valence-electron chi connectivity index (χ3n) is 1.48. The summed E-state index contributed by atoms with van der Waals surface area (Å²) in [6.07, 6.45) is -4.26. The normalized spacial score (nSPS) is 11.8. The van der Waals surface area contributed by atoms with E-state index >= 15 is 0 Å². The van der Waals surface area contributed by atoms with Gasteiger partial charge in [-0.2, -0.15) is 21.9 Å². The van der Waals surface area contributed by atoms with Crippen molar-refractivity contribution < 1.29 is 13.2 Å². The molecule has 0 spiro atoms. The van der Waals surface area contributed by atoms with Crippen LogP contribution in [-0.4, -0.2) is 28.0 Å². The van der Waals surface area contributed by atoms with Gasteiger partial charge in [0.05, 0.1) is 11.7 Å². The highest BCUT2D eigenvalue weighted by molar-refractivity contribution is 6.99. The summed E-state index contributed by atoms with van der Waals surface area (Å²) >= 11 is 6.36. The lowest BCUT2D eigenvalue weighted by atomic mass is 10.4. The van der Waals surface area contributed by atoms with E-state index in [1.165, 1.54) is 0 Å². The molecule has 0 N–H and O–H groups in total. The molecule has 8 heteroatoms. The Morgan fingerprint density at radius 1 is 1.43 bits per heavy atom. The molecule has 0 aliphatic carbocycles. The number of aromatic nitrogens is 2. The summed E-state index contributed by atoms with van der Waals surface area (Å²) in [5.41, 5.74) is 0. The van der Waals surface area contributed by atoms with Crippen molar-refractivity contribution in [3.63, 3.8) is 0 Å². The second-order valence-corrected chi connectivity index (χ2v) is 3.39. The number of nitrogens with zero attached hydrogens (tertiary/aromatic N) is 3. The third-order valence-corrected chi connectivity index (χ3v) is 2.36. The van der Waals surface area contributed by atoms with E-state index in [0.29, 0.717) is 0 Å². The van der Waals surface area contributed by atoms with E-state index in [2.05, 4.69) is 8.75 Å². The van der Waals surface area contributed by atoms with Crippen LogP contribution >= 0.6 is 23.3 Å². The number of rotatable bonds is 3. The SMILES string of the molecule is CCN(CC(F)(F)F)c1nsnc1Cl. The van der Waals surface area contributed by atoms with Crippen molar-refractivity contribution in [3.8, 4) is 0 Å². The first-order valence-corrected chi connectivity index (χ1v) is 4.84. The molecule has 0 radical (unpaired) electrons. The lowest BCUT2D eigenvalue weighted by Gasteiger charge is -2.21. The Morgan fingerprint density at radius 3 is 2.43 bits per heavy atom. The first-order valence-electron chi connectivity index (χ1n) is 3.74. The van der Waals surface area contributed by atoms with Crippen LogP contribution in [0.3, 0.4) is 0 Å². The Balaban J connectivity index is 2.78. The van der Waals surface area contributed by atoms with Crippen LogP contribution in [0.4, 0.5) is 19.0 Å². The van der Waals surface area contributed by atoms with E-state index in [1.807, 2.05) is 0 Å². The minimum atomic E-state index is -4.26. The van der Waals surface area contributed by atoms with Gasteiger partial charge in [-0.25, -0.2) is 0 Å². The van der Waals surface area contributed by atoms with E-state index in [0.717, 1.165) is 16.6 Å². The molecule has 0 aliphatic rings. The standard InChI is InChI=1S/C6H7ClF3N3S/c1-2-13(3-6(8,9)10)5-4(7)11-14-12-5/h2-3H2,1H3. The Morgan fingerprint density at radius 2 is 2.07 bits per heavy atom. The molecule has 80 valence electrons. The van der Waals surface area contributed by atoms with Gasteiger partial charge in [-0.15, -0.1) is 0 Å². The van der Waals surface area contributed by atoms with Crippen molar-refractivity contribution in [1.82, 2.24) is 8.75 Å². The molecule has 0 amide bonds. The summed E-state index contributed by atoms with van der Waals surface area (Å²) in [6.45, 7) is 0.723. The van der Waals surface area contributed by atoms with Gasteiger partial charge in [-0.05, 0) is 6.92 Å². The molecule has 0 aromatic carbocycles. The first kappa shape index (κ1) is 11.5. The molecular weight excluding hydrogens is 239 g/mol. The zero-order valence-corrected chi connectivity index (χ0v) is 8.75. The van der Waals surface area contributed by atoms with Gasteiger partial charge in [0.15, 0.2) is 11.0 Å². The van der Waals surface area contributed by atoms with Gasteiger partial charge in [0, 0.05) is 6.54 Å². The predicted octanol–water partition coefficient (Wildman–Crippen LogP) is 2.58. The number of halogens is 4. The largest absolute Gasteiger partial charge is 0.405 e. The summed E-state index contributed by atoms with van der Waals surface area (Å²) in [4.78, 5) is 1.03. The molecule has 14 heavy (non-hydrogen) atoms. The van der Waals surface area contributed by atoms with Crippen molar-refractivity contribution in [3.05, 3.63) is 5.15 Å².